The Morgan fingerprint density at radius 1 is 1.27 bits per heavy atom. The first kappa shape index (κ1) is 12.1. The monoisotopic (exact) mass is 330 g/mol. The van der Waals surface area contributed by atoms with Gasteiger partial charge >= 0.3 is 12.1 Å². The van der Waals surface area contributed by atoms with E-state index in [0.29, 0.717) is 9.26 Å². The molecule has 1 rings (SSSR count). The third kappa shape index (κ3) is 3.57. The van der Waals surface area contributed by atoms with Crippen molar-refractivity contribution in [2.24, 2.45) is 0 Å². The molecule has 1 aromatic rings. The molecule has 0 spiro atoms. The van der Waals surface area contributed by atoms with Gasteiger partial charge in [0.2, 0.25) is 0 Å². The summed E-state index contributed by atoms with van der Waals surface area (Å²) in [5.41, 5.74) is 4.17. The largest absolute Gasteiger partial charge is 0.472 e. The molecule has 0 atom stereocenters. The summed E-state index contributed by atoms with van der Waals surface area (Å²) in [6, 6.07) is 6.63. The van der Waals surface area contributed by atoms with Crippen molar-refractivity contribution in [3.8, 4) is 0 Å². The van der Waals surface area contributed by atoms with E-state index in [-0.39, 0.29) is 0 Å². The van der Waals surface area contributed by atoms with Crippen molar-refractivity contribution in [3.05, 3.63) is 27.8 Å². The number of amides is 1. The number of hydrazine groups is 1. The van der Waals surface area contributed by atoms with E-state index in [2.05, 4.69) is 5.43 Å². The van der Waals surface area contributed by atoms with Gasteiger partial charge in [-0.05, 0) is 34.7 Å². The van der Waals surface area contributed by atoms with Crippen molar-refractivity contribution in [1.29, 1.82) is 0 Å². The predicted molar refractivity (Wildman–Crippen MR) is 57.0 cm³/mol. The van der Waals surface area contributed by atoms with E-state index in [1.54, 1.807) is 29.7 Å². The molecular weight excluding hydrogens is 324 g/mol. The summed E-state index contributed by atoms with van der Waals surface area (Å²) in [5, 5.41) is 0. The number of para-hydroxylation sites is 1. The van der Waals surface area contributed by atoms with Crippen LogP contribution in [0, 0.1) is 3.57 Å². The Bertz CT molecular complexity index is 367. The average Bonchev–Trinajstić information content (AvgIpc) is 2.14. The van der Waals surface area contributed by atoms with Crippen molar-refractivity contribution >= 4 is 34.2 Å². The zero-order chi connectivity index (χ0) is 11.5. The maximum atomic E-state index is 11.8. The number of hydrogen-bond donors (Lipinski definition) is 2. The molecule has 1 aromatic carbocycles. The first-order valence-electron chi connectivity index (χ1n) is 3.79. The lowest BCUT2D eigenvalue weighted by Crippen LogP contribution is -2.40. The van der Waals surface area contributed by atoms with E-state index in [1.807, 2.05) is 22.6 Å². The third-order valence-electron chi connectivity index (χ3n) is 1.44. The van der Waals surface area contributed by atoms with Gasteiger partial charge in [0.1, 0.15) is 0 Å². The Kier molecular flexibility index (Phi) is 3.77. The van der Waals surface area contributed by atoms with Gasteiger partial charge in [0, 0.05) is 3.57 Å². The summed E-state index contributed by atoms with van der Waals surface area (Å²) in [6.07, 6.45) is -4.88. The zero-order valence-corrected chi connectivity index (χ0v) is 9.39. The molecule has 7 heteroatoms. The molecule has 2 N–H and O–H groups in total. The topological polar surface area (TPSA) is 41.1 Å². The maximum Gasteiger partial charge on any atom is 0.472 e. The molecule has 3 nitrogen and oxygen atoms in total. The SMILES string of the molecule is O=C(NNc1ccccc1I)C(F)(F)F. The van der Waals surface area contributed by atoms with Crippen LogP contribution in [0.25, 0.3) is 0 Å². The second kappa shape index (κ2) is 4.69. The van der Waals surface area contributed by atoms with Crippen LogP contribution in [0.2, 0.25) is 0 Å². The Balaban J connectivity index is 2.59. The lowest BCUT2D eigenvalue weighted by Gasteiger charge is -2.11. The van der Waals surface area contributed by atoms with Gasteiger partial charge in [-0.25, -0.2) is 0 Å². The number of halogens is 4. The second-order valence-electron chi connectivity index (χ2n) is 2.56. The summed E-state index contributed by atoms with van der Waals surface area (Å²) in [6.45, 7) is 0. The lowest BCUT2D eigenvalue weighted by molar-refractivity contribution is -0.173. The van der Waals surface area contributed by atoms with Crippen LogP contribution in [0.1, 0.15) is 0 Å². The Hall–Kier alpha value is -0.990. The second-order valence-corrected chi connectivity index (χ2v) is 3.72. The molecule has 15 heavy (non-hydrogen) atoms. The van der Waals surface area contributed by atoms with E-state index < -0.39 is 12.1 Å². The fourth-order valence-corrected chi connectivity index (χ4v) is 1.28. The summed E-state index contributed by atoms with van der Waals surface area (Å²) < 4.78 is 36.1. The third-order valence-corrected chi connectivity index (χ3v) is 2.38. The molecule has 0 aliphatic rings. The van der Waals surface area contributed by atoms with Crippen LogP contribution in [0.5, 0.6) is 0 Å². The van der Waals surface area contributed by atoms with Crippen LogP contribution >= 0.6 is 22.6 Å². The van der Waals surface area contributed by atoms with Crippen LogP contribution < -0.4 is 10.9 Å². The van der Waals surface area contributed by atoms with Gasteiger partial charge in [0.15, 0.2) is 0 Å². The highest BCUT2D eigenvalue weighted by atomic mass is 127. The molecule has 0 bridgehead atoms. The van der Waals surface area contributed by atoms with E-state index in [4.69, 9.17) is 0 Å². The standard InChI is InChI=1S/C8H6F3IN2O/c9-8(10,11)7(15)14-13-6-4-2-1-3-5(6)12/h1-4,13H,(H,14,15). The molecule has 0 aliphatic carbocycles. The van der Waals surface area contributed by atoms with Crippen molar-refractivity contribution < 1.29 is 18.0 Å². The fraction of sp³-hybridized carbons (Fsp3) is 0.125. The van der Waals surface area contributed by atoms with Crippen molar-refractivity contribution in [1.82, 2.24) is 5.43 Å². The first-order valence-corrected chi connectivity index (χ1v) is 4.87. The molecule has 0 aromatic heterocycles. The molecule has 0 saturated carbocycles. The summed E-state index contributed by atoms with van der Waals surface area (Å²) in [4.78, 5) is 10.4. The molecule has 0 unspecified atom stereocenters. The number of rotatable bonds is 2. The Morgan fingerprint density at radius 3 is 2.40 bits per heavy atom. The maximum absolute atomic E-state index is 11.8. The number of carbonyl (C=O) groups excluding carboxylic acids is 1. The highest BCUT2D eigenvalue weighted by Crippen LogP contribution is 2.17. The van der Waals surface area contributed by atoms with E-state index in [1.165, 1.54) is 0 Å². The Morgan fingerprint density at radius 2 is 1.87 bits per heavy atom. The molecule has 0 saturated heterocycles. The minimum Gasteiger partial charge on any atom is -0.297 e. The van der Waals surface area contributed by atoms with Gasteiger partial charge in [0.25, 0.3) is 0 Å². The summed E-state index contributed by atoms with van der Waals surface area (Å²) >= 11 is 1.93. The van der Waals surface area contributed by atoms with Gasteiger partial charge in [0.05, 0.1) is 5.69 Å². The highest BCUT2D eigenvalue weighted by Gasteiger charge is 2.38. The van der Waals surface area contributed by atoms with Gasteiger partial charge in [-0.3, -0.25) is 15.6 Å². The fourth-order valence-electron chi connectivity index (χ4n) is 0.758. The molecule has 0 aliphatic heterocycles. The van der Waals surface area contributed by atoms with E-state index in [9.17, 15) is 18.0 Å². The molecule has 82 valence electrons. The van der Waals surface area contributed by atoms with Gasteiger partial charge in [-0.15, -0.1) is 0 Å². The predicted octanol–water partition coefficient (Wildman–Crippen LogP) is 2.30. The first-order chi connectivity index (χ1) is 6.91. The normalized spacial score (nSPS) is 10.9. The van der Waals surface area contributed by atoms with E-state index in [0.717, 1.165) is 0 Å². The van der Waals surface area contributed by atoms with Gasteiger partial charge in [-0.2, -0.15) is 13.2 Å². The molecule has 0 fully saturated rings. The number of alkyl halides is 3. The zero-order valence-electron chi connectivity index (χ0n) is 7.23. The van der Waals surface area contributed by atoms with Crippen LogP contribution in [-0.4, -0.2) is 12.1 Å². The number of carbonyl (C=O) groups is 1. The van der Waals surface area contributed by atoms with Crippen molar-refractivity contribution in [2.75, 3.05) is 5.43 Å². The van der Waals surface area contributed by atoms with Crippen molar-refractivity contribution in [2.45, 2.75) is 6.18 Å². The average molecular weight is 330 g/mol. The molecular formula is C8H6F3IN2O. The minimum atomic E-state index is -4.88. The van der Waals surface area contributed by atoms with Crippen LogP contribution in [0.15, 0.2) is 24.3 Å². The smallest absolute Gasteiger partial charge is 0.297 e. The Labute approximate surface area is 97.2 Å². The van der Waals surface area contributed by atoms with Crippen molar-refractivity contribution in [3.63, 3.8) is 0 Å². The summed E-state index contributed by atoms with van der Waals surface area (Å²) in [5.74, 6) is -2.03. The minimum absolute atomic E-state index is 0.413. The quantitative estimate of drug-likeness (QED) is 0.645. The molecule has 0 radical (unpaired) electrons. The van der Waals surface area contributed by atoms with Gasteiger partial charge in [-0.1, -0.05) is 12.1 Å². The molecule has 0 heterocycles. The summed E-state index contributed by atoms with van der Waals surface area (Å²) in [7, 11) is 0. The number of hydrogen-bond acceptors (Lipinski definition) is 2. The van der Waals surface area contributed by atoms with Crippen LogP contribution in [0.4, 0.5) is 18.9 Å². The van der Waals surface area contributed by atoms with E-state index >= 15 is 0 Å². The van der Waals surface area contributed by atoms with Crippen LogP contribution in [-0.2, 0) is 4.79 Å². The van der Waals surface area contributed by atoms with Gasteiger partial charge < -0.3 is 0 Å². The molecule has 1 amide bonds. The number of anilines is 1. The van der Waals surface area contributed by atoms with Crippen LogP contribution in [0.3, 0.4) is 0 Å². The number of nitrogens with one attached hydrogen (secondary N) is 2. The number of benzene rings is 1. The lowest BCUT2D eigenvalue weighted by atomic mass is 10.3. The highest BCUT2D eigenvalue weighted by molar-refractivity contribution is 14.1.